The molecule has 12 heavy (non-hydrogen) atoms. The van der Waals surface area contributed by atoms with Crippen LogP contribution in [-0.4, -0.2) is 12.8 Å². The van der Waals surface area contributed by atoms with Gasteiger partial charge in [-0.1, -0.05) is 40.2 Å². The summed E-state index contributed by atoms with van der Waals surface area (Å²) in [4.78, 5) is 0. The van der Waals surface area contributed by atoms with E-state index in [9.17, 15) is 0 Å². The van der Waals surface area contributed by atoms with Gasteiger partial charge in [-0.15, -0.1) is 0 Å². The minimum Gasteiger partial charge on any atom is -0.424 e. The molecule has 0 aliphatic carbocycles. The third-order valence-electron chi connectivity index (χ3n) is 2.23. The van der Waals surface area contributed by atoms with Gasteiger partial charge in [0.1, 0.15) is 0 Å². The zero-order valence-corrected chi connectivity index (χ0v) is 8.47. The first-order valence-electron chi connectivity index (χ1n) is 3.93. The highest BCUT2D eigenvalue weighted by Gasteiger charge is 2.34. The summed E-state index contributed by atoms with van der Waals surface area (Å²) in [5.41, 5.74) is 2.29. The lowest BCUT2D eigenvalue weighted by Crippen LogP contribution is -2.23. The Morgan fingerprint density at radius 2 is 2.25 bits per heavy atom. The quantitative estimate of drug-likeness (QED) is 0.519. The summed E-state index contributed by atoms with van der Waals surface area (Å²) in [6, 6.07) is 8.25. The summed E-state index contributed by atoms with van der Waals surface area (Å²) < 4.78 is 5.59. The summed E-state index contributed by atoms with van der Waals surface area (Å²) in [5.74, 6) is 0. The monoisotopic (exact) mass is 223 g/mol. The SMILES string of the molecule is CC1(CBr)O[B]c2ccccc21. The van der Waals surface area contributed by atoms with E-state index < -0.39 is 0 Å². The fourth-order valence-corrected chi connectivity index (χ4v) is 1.88. The molecule has 2 rings (SSSR count). The average molecular weight is 224 g/mol. The van der Waals surface area contributed by atoms with E-state index in [0.29, 0.717) is 0 Å². The van der Waals surface area contributed by atoms with E-state index in [-0.39, 0.29) is 5.60 Å². The summed E-state index contributed by atoms with van der Waals surface area (Å²) in [7, 11) is 1.83. The average Bonchev–Trinajstić information content (AvgIpc) is 2.46. The fourth-order valence-electron chi connectivity index (χ4n) is 1.44. The number of rotatable bonds is 1. The van der Waals surface area contributed by atoms with Crippen LogP contribution in [0.15, 0.2) is 24.3 Å². The van der Waals surface area contributed by atoms with E-state index in [0.717, 1.165) is 5.33 Å². The molecule has 0 saturated heterocycles. The van der Waals surface area contributed by atoms with E-state index in [1.807, 2.05) is 19.6 Å². The van der Waals surface area contributed by atoms with Crippen molar-refractivity contribution in [3.8, 4) is 0 Å². The molecule has 1 atom stereocenters. The van der Waals surface area contributed by atoms with Gasteiger partial charge < -0.3 is 4.65 Å². The van der Waals surface area contributed by atoms with Crippen molar-refractivity contribution in [2.75, 3.05) is 5.33 Å². The standard InChI is InChI=1S/C9H9BBrO/c1-9(6-11)7-4-2-3-5-8(7)10-12-9/h2-5H,6H2,1H3. The summed E-state index contributed by atoms with van der Waals surface area (Å²) in [6.07, 6.45) is 0. The van der Waals surface area contributed by atoms with E-state index in [1.54, 1.807) is 0 Å². The van der Waals surface area contributed by atoms with Crippen LogP contribution in [0.4, 0.5) is 0 Å². The molecule has 0 N–H and O–H groups in total. The van der Waals surface area contributed by atoms with Crippen LogP contribution in [0.25, 0.3) is 0 Å². The highest BCUT2D eigenvalue weighted by Crippen LogP contribution is 2.29. The minimum atomic E-state index is -0.170. The predicted octanol–water partition coefficient (Wildman–Crippen LogP) is 1.57. The molecular formula is C9H9BBrO. The Balaban J connectivity index is 2.49. The van der Waals surface area contributed by atoms with Crippen molar-refractivity contribution >= 4 is 28.9 Å². The Morgan fingerprint density at radius 1 is 1.50 bits per heavy atom. The number of hydrogen-bond donors (Lipinski definition) is 0. The number of fused-ring (bicyclic) bond motifs is 1. The molecule has 1 nitrogen and oxygen atoms in total. The predicted molar refractivity (Wildman–Crippen MR) is 54.1 cm³/mol. The van der Waals surface area contributed by atoms with E-state index >= 15 is 0 Å². The number of alkyl halides is 1. The molecule has 0 spiro atoms. The smallest absolute Gasteiger partial charge is 0.331 e. The van der Waals surface area contributed by atoms with Crippen LogP contribution in [0.5, 0.6) is 0 Å². The highest BCUT2D eigenvalue weighted by molar-refractivity contribution is 9.09. The Bertz CT molecular complexity index is 302. The van der Waals surface area contributed by atoms with Gasteiger partial charge in [0.05, 0.1) is 5.60 Å². The second kappa shape index (κ2) is 2.89. The Labute approximate surface area is 81.5 Å². The van der Waals surface area contributed by atoms with Gasteiger partial charge in [0.2, 0.25) is 0 Å². The number of benzene rings is 1. The van der Waals surface area contributed by atoms with Crippen molar-refractivity contribution in [1.29, 1.82) is 0 Å². The van der Waals surface area contributed by atoms with Gasteiger partial charge in [-0.25, -0.2) is 0 Å². The van der Waals surface area contributed by atoms with Crippen molar-refractivity contribution < 1.29 is 4.65 Å². The molecule has 0 aromatic heterocycles. The number of hydrogen-bond acceptors (Lipinski definition) is 1. The molecule has 1 aliphatic rings. The van der Waals surface area contributed by atoms with Gasteiger partial charge in [0.25, 0.3) is 0 Å². The third kappa shape index (κ3) is 1.12. The van der Waals surface area contributed by atoms with Gasteiger partial charge in [0.15, 0.2) is 0 Å². The molecular weight excluding hydrogens is 215 g/mol. The maximum Gasteiger partial charge on any atom is 0.331 e. The third-order valence-corrected chi connectivity index (χ3v) is 3.30. The van der Waals surface area contributed by atoms with Crippen molar-refractivity contribution in [2.24, 2.45) is 0 Å². The Kier molecular flexibility index (Phi) is 2.01. The molecule has 1 aliphatic heterocycles. The van der Waals surface area contributed by atoms with Crippen LogP contribution in [-0.2, 0) is 10.3 Å². The zero-order valence-electron chi connectivity index (χ0n) is 6.88. The zero-order chi connectivity index (χ0) is 8.60. The maximum absolute atomic E-state index is 5.59. The van der Waals surface area contributed by atoms with Gasteiger partial charge in [-0.3, -0.25) is 0 Å². The Hall–Kier alpha value is -0.275. The number of halogens is 1. The van der Waals surface area contributed by atoms with Gasteiger partial charge in [-0.05, 0) is 17.9 Å². The highest BCUT2D eigenvalue weighted by atomic mass is 79.9. The molecule has 0 saturated carbocycles. The lowest BCUT2D eigenvalue weighted by molar-refractivity contribution is 0.138. The lowest BCUT2D eigenvalue weighted by Gasteiger charge is -2.22. The van der Waals surface area contributed by atoms with Crippen LogP contribution in [0.1, 0.15) is 12.5 Å². The largest absolute Gasteiger partial charge is 0.424 e. The van der Waals surface area contributed by atoms with Gasteiger partial charge in [-0.2, -0.15) is 0 Å². The van der Waals surface area contributed by atoms with Crippen LogP contribution in [0.3, 0.4) is 0 Å². The molecule has 1 aromatic carbocycles. The van der Waals surface area contributed by atoms with Crippen molar-refractivity contribution in [3.05, 3.63) is 29.8 Å². The lowest BCUT2D eigenvalue weighted by atomic mass is 9.85. The van der Waals surface area contributed by atoms with Crippen LogP contribution in [0, 0.1) is 0 Å². The summed E-state index contributed by atoms with van der Waals surface area (Å²) in [5, 5.41) is 0.827. The first-order chi connectivity index (χ1) is 5.76. The maximum atomic E-state index is 5.59. The first-order valence-corrected chi connectivity index (χ1v) is 5.05. The molecule has 1 unspecified atom stereocenters. The fraction of sp³-hybridized carbons (Fsp3) is 0.333. The summed E-state index contributed by atoms with van der Waals surface area (Å²) >= 11 is 3.46. The molecule has 61 valence electrons. The van der Waals surface area contributed by atoms with Crippen molar-refractivity contribution in [3.63, 3.8) is 0 Å². The van der Waals surface area contributed by atoms with Gasteiger partial charge >= 0.3 is 7.48 Å². The van der Waals surface area contributed by atoms with E-state index in [1.165, 1.54) is 11.0 Å². The Morgan fingerprint density at radius 3 is 3.00 bits per heavy atom. The molecule has 1 heterocycles. The second-order valence-electron chi connectivity index (χ2n) is 3.19. The summed E-state index contributed by atoms with van der Waals surface area (Å²) in [6.45, 7) is 2.09. The molecule has 0 fully saturated rings. The van der Waals surface area contributed by atoms with Gasteiger partial charge in [0, 0.05) is 5.33 Å². The molecule has 1 aromatic rings. The van der Waals surface area contributed by atoms with E-state index in [4.69, 9.17) is 4.65 Å². The van der Waals surface area contributed by atoms with Crippen molar-refractivity contribution in [2.45, 2.75) is 12.5 Å². The van der Waals surface area contributed by atoms with E-state index in [2.05, 4.69) is 35.0 Å². The molecule has 0 amide bonds. The first kappa shape index (κ1) is 8.33. The van der Waals surface area contributed by atoms with Crippen LogP contribution >= 0.6 is 15.9 Å². The normalized spacial score (nSPS) is 26.5. The molecule has 0 bridgehead atoms. The molecule has 1 radical (unpaired) electrons. The van der Waals surface area contributed by atoms with Crippen molar-refractivity contribution in [1.82, 2.24) is 0 Å². The molecule has 3 heteroatoms. The van der Waals surface area contributed by atoms with Crippen LogP contribution < -0.4 is 5.46 Å². The second-order valence-corrected chi connectivity index (χ2v) is 3.75. The topological polar surface area (TPSA) is 9.23 Å². The van der Waals surface area contributed by atoms with Crippen LogP contribution in [0.2, 0.25) is 0 Å². The minimum absolute atomic E-state index is 0.170.